The van der Waals surface area contributed by atoms with Gasteiger partial charge >= 0.3 is 0 Å². The van der Waals surface area contributed by atoms with Crippen molar-refractivity contribution in [2.75, 3.05) is 13.1 Å². The molecule has 1 aliphatic carbocycles. The molecule has 0 aromatic carbocycles. The van der Waals surface area contributed by atoms with E-state index in [1.54, 1.807) is 0 Å². The molecule has 0 aromatic rings. The van der Waals surface area contributed by atoms with Crippen molar-refractivity contribution in [2.45, 2.75) is 64.1 Å². The summed E-state index contributed by atoms with van der Waals surface area (Å²) in [7, 11) is 0. The first kappa shape index (κ1) is 11.4. The lowest BCUT2D eigenvalue weighted by atomic mass is 9.89. The minimum absolute atomic E-state index is 0.113. The molecule has 1 heterocycles. The molecule has 2 aliphatic rings. The minimum Gasteiger partial charge on any atom is -0.366 e. The van der Waals surface area contributed by atoms with Crippen molar-refractivity contribution in [1.29, 1.82) is 0 Å². The summed E-state index contributed by atoms with van der Waals surface area (Å²) in [4.78, 5) is 0. The van der Waals surface area contributed by atoms with Crippen LogP contribution in [-0.2, 0) is 4.74 Å². The van der Waals surface area contributed by atoms with Gasteiger partial charge < -0.3 is 10.1 Å². The molecule has 1 saturated carbocycles. The van der Waals surface area contributed by atoms with E-state index in [0.717, 1.165) is 31.8 Å². The summed E-state index contributed by atoms with van der Waals surface area (Å²) >= 11 is 0. The molecule has 2 fully saturated rings. The fourth-order valence-electron chi connectivity index (χ4n) is 3.30. The zero-order chi connectivity index (χ0) is 10.9. The summed E-state index contributed by atoms with van der Waals surface area (Å²) in [5, 5.41) is 3.61. The van der Waals surface area contributed by atoms with Crippen LogP contribution in [0.4, 0.5) is 0 Å². The van der Waals surface area contributed by atoms with Gasteiger partial charge in [-0.25, -0.2) is 0 Å². The predicted octanol–water partition coefficient (Wildman–Crippen LogP) is 2.72. The molecular formula is C13H25NO. The maximum Gasteiger partial charge on any atom is 0.0817 e. The van der Waals surface area contributed by atoms with Gasteiger partial charge in [0.25, 0.3) is 0 Å². The van der Waals surface area contributed by atoms with Crippen molar-refractivity contribution in [2.24, 2.45) is 5.92 Å². The minimum atomic E-state index is 0.113. The highest BCUT2D eigenvalue weighted by Crippen LogP contribution is 2.42. The van der Waals surface area contributed by atoms with Crippen LogP contribution in [0.15, 0.2) is 0 Å². The zero-order valence-corrected chi connectivity index (χ0v) is 10.4. The van der Waals surface area contributed by atoms with Crippen molar-refractivity contribution < 1.29 is 4.74 Å². The van der Waals surface area contributed by atoms with Crippen LogP contribution in [0.2, 0.25) is 0 Å². The molecule has 0 bridgehead atoms. The molecule has 1 aliphatic heterocycles. The fraction of sp³-hybridized carbons (Fsp3) is 1.00. The Balaban J connectivity index is 2.09. The quantitative estimate of drug-likeness (QED) is 0.758. The van der Waals surface area contributed by atoms with Crippen molar-refractivity contribution in [1.82, 2.24) is 5.32 Å². The summed E-state index contributed by atoms with van der Waals surface area (Å²) in [6.07, 6.45) is 6.11. The van der Waals surface area contributed by atoms with Crippen LogP contribution < -0.4 is 5.32 Å². The van der Waals surface area contributed by atoms with Crippen LogP contribution >= 0.6 is 0 Å². The van der Waals surface area contributed by atoms with Crippen LogP contribution in [-0.4, -0.2) is 24.3 Å². The van der Waals surface area contributed by atoms with Gasteiger partial charge in [0.1, 0.15) is 0 Å². The SMILES string of the molecule is CCC1(CC)CNCC2(CCC(C)C2)O1. The first-order valence-electron chi connectivity index (χ1n) is 6.54. The van der Waals surface area contributed by atoms with Gasteiger partial charge in [0.2, 0.25) is 0 Å². The smallest absolute Gasteiger partial charge is 0.0817 e. The van der Waals surface area contributed by atoms with Crippen LogP contribution in [0.25, 0.3) is 0 Å². The van der Waals surface area contributed by atoms with E-state index in [-0.39, 0.29) is 11.2 Å². The maximum absolute atomic E-state index is 6.53. The highest BCUT2D eigenvalue weighted by atomic mass is 16.5. The Morgan fingerprint density at radius 2 is 2.00 bits per heavy atom. The van der Waals surface area contributed by atoms with Crippen molar-refractivity contribution in [3.63, 3.8) is 0 Å². The summed E-state index contributed by atoms with van der Waals surface area (Å²) in [6.45, 7) is 8.96. The van der Waals surface area contributed by atoms with Crippen LogP contribution in [0, 0.1) is 5.92 Å². The van der Waals surface area contributed by atoms with Gasteiger partial charge in [0.05, 0.1) is 11.2 Å². The zero-order valence-electron chi connectivity index (χ0n) is 10.4. The van der Waals surface area contributed by atoms with Gasteiger partial charge in [-0.05, 0) is 38.0 Å². The first-order chi connectivity index (χ1) is 7.14. The van der Waals surface area contributed by atoms with Gasteiger partial charge in [-0.1, -0.05) is 20.8 Å². The summed E-state index contributed by atoms with van der Waals surface area (Å²) < 4.78 is 6.53. The summed E-state index contributed by atoms with van der Waals surface area (Å²) in [5.41, 5.74) is 0.284. The Hall–Kier alpha value is -0.0800. The maximum atomic E-state index is 6.53. The third kappa shape index (κ3) is 2.07. The van der Waals surface area contributed by atoms with Gasteiger partial charge in [-0.3, -0.25) is 0 Å². The Morgan fingerprint density at radius 1 is 1.27 bits per heavy atom. The molecule has 2 atom stereocenters. The van der Waals surface area contributed by atoms with Crippen LogP contribution in [0.5, 0.6) is 0 Å². The Kier molecular flexibility index (Phi) is 3.09. The molecule has 0 aromatic heterocycles. The van der Waals surface area contributed by atoms with Gasteiger partial charge in [0, 0.05) is 13.1 Å². The normalized spacial score (nSPS) is 39.8. The largest absolute Gasteiger partial charge is 0.366 e. The van der Waals surface area contributed by atoms with E-state index in [1.807, 2.05) is 0 Å². The third-order valence-electron chi connectivity index (χ3n) is 4.43. The van der Waals surface area contributed by atoms with Crippen molar-refractivity contribution in [3.05, 3.63) is 0 Å². The van der Waals surface area contributed by atoms with Crippen LogP contribution in [0.1, 0.15) is 52.9 Å². The summed E-state index contributed by atoms with van der Waals surface area (Å²) in [6, 6.07) is 0. The number of morpholine rings is 1. The van der Waals surface area contributed by atoms with Crippen LogP contribution in [0.3, 0.4) is 0 Å². The molecule has 15 heavy (non-hydrogen) atoms. The molecule has 2 nitrogen and oxygen atoms in total. The van der Waals surface area contributed by atoms with E-state index < -0.39 is 0 Å². The average Bonchev–Trinajstić information content (AvgIpc) is 2.59. The number of ether oxygens (including phenoxy) is 1. The average molecular weight is 211 g/mol. The molecule has 2 heteroatoms. The third-order valence-corrected chi connectivity index (χ3v) is 4.43. The van der Waals surface area contributed by atoms with E-state index in [1.165, 1.54) is 19.3 Å². The van der Waals surface area contributed by atoms with E-state index in [0.29, 0.717) is 0 Å². The second-order valence-corrected chi connectivity index (χ2v) is 5.63. The van der Waals surface area contributed by atoms with Crippen molar-refractivity contribution in [3.8, 4) is 0 Å². The molecule has 88 valence electrons. The van der Waals surface area contributed by atoms with E-state index in [9.17, 15) is 0 Å². The molecule has 0 radical (unpaired) electrons. The lowest BCUT2D eigenvalue weighted by Gasteiger charge is -2.47. The molecule has 2 unspecified atom stereocenters. The molecule has 0 amide bonds. The number of hydrogen-bond donors (Lipinski definition) is 1. The fourth-order valence-corrected chi connectivity index (χ4v) is 3.30. The highest BCUT2D eigenvalue weighted by Gasteiger charge is 2.46. The molecule has 2 rings (SSSR count). The second kappa shape index (κ2) is 4.06. The van der Waals surface area contributed by atoms with E-state index >= 15 is 0 Å². The molecule has 1 N–H and O–H groups in total. The Morgan fingerprint density at radius 3 is 2.53 bits per heavy atom. The van der Waals surface area contributed by atoms with Gasteiger partial charge in [0.15, 0.2) is 0 Å². The number of nitrogens with one attached hydrogen (secondary N) is 1. The Labute approximate surface area is 93.8 Å². The predicted molar refractivity (Wildman–Crippen MR) is 63.0 cm³/mol. The molecule has 1 saturated heterocycles. The number of hydrogen-bond acceptors (Lipinski definition) is 2. The topological polar surface area (TPSA) is 21.3 Å². The summed E-state index contributed by atoms with van der Waals surface area (Å²) in [5.74, 6) is 0.844. The lowest BCUT2D eigenvalue weighted by Crippen LogP contribution is -2.59. The number of rotatable bonds is 2. The Bertz CT molecular complexity index is 221. The van der Waals surface area contributed by atoms with Crippen molar-refractivity contribution >= 4 is 0 Å². The van der Waals surface area contributed by atoms with Gasteiger partial charge in [-0.15, -0.1) is 0 Å². The second-order valence-electron chi connectivity index (χ2n) is 5.63. The molecule has 1 spiro atoms. The standard InChI is InChI=1S/C13H25NO/c1-4-12(5-2)9-14-10-13(15-12)7-6-11(3)8-13/h11,14H,4-10H2,1-3H3. The highest BCUT2D eigenvalue weighted by molar-refractivity contribution is 4.99. The molecular weight excluding hydrogens is 186 g/mol. The van der Waals surface area contributed by atoms with E-state index in [2.05, 4.69) is 26.1 Å². The first-order valence-corrected chi connectivity index (χ1v) is 6.54. The van der Waals surface area contributed by atoms with E-state index in [4.69, 9.17) is 4.74 Å². The van der Waals surface area contributed by atoms with Gasteiger partial charge in [-0.2, -0.15) is 0 Å². The monoisotopic (exact) mass is 211 g/mol. The lowest BCUT2D eigenvalue weighted by molar-refractivity contribution is -0.179.